The monoisotopic (exact) mass is 465 g/mol. The van der Waals surface area contributed by atoms with E-state index in [-0.39, 0.29) is 0 Å². The normalized spacial score (nSPS) is 11.1. The van der Waals surface area contributed by atoms with Crippen molar-refractivity contribution in [2.75, 3.05) is 4.90 Å². The summed E-state index contributed by atoms with van der Waals surface area (Å²) in [4.78, 5) is 2.23. The summed E-state index contributed by atoms with van der Waals surface area (Å²) in [5.41, 5.74) is 5.81. The third-order valence-electron chi connectivity index (χ3n) is 6.67. The minimum atomic E-state index is -1.50. The van der Waals surface area contributed by atoms with Gasteiger partial charge in [0.05, 0.1) is 5.69 Å². The zero-order valence-corrected chi connectivity index (χ0v) is 19.6. The third kappa shape index (κ3) is 4.03. The highest BCUT2D eigenvalue weighted by Crippen LogP contribution is 2.42. The van der Waals surface area contributed by atoms with Gasteiger partial charge in [-0.1, -0.05) is 103 Å². The van der Waals surface area contributed by atoms with Crippen LogP contribution < -0.4 is 10.4 Å². The highest BCUT2D eigenvalue weighted by Gasteiger charge is 2.18. The lowest BCUT2D eigenvalue weighted by Gasteiger charge is -2.28. The lowest BCUT2D eigenvalue weighted by atomic mass is 9.80. The predicted octanol–water partition coefficient (Wildman–Crippen LogP) is 6.81. The van der Waals surface area contributed by atoms with E-state index in [9.17, 15) is 10.0 Å². The van der Waals surface area contributed by atoms with Crippen LogP contribution in [0, 0.1) is 0 Å². The fraction of sp³-hybridized carbons (Fsp3) is 0. The maximum Gasteiger partial charge on any atom is 0.488 e. The Morgan fingerprint density at radius 3 is 1.67 bits per heavy atom. The molecule has 0 fully saturated rings. The molecule has 6 rings (SSSR count). The van der Waals surface area contributed by atoms with Crippen molar-refractivity contribution in [3.05, 3.63) is 133 Å². The SMILES string of the molecule is OB(O)c1ccc(N(c2ccc(-c3ccccc3)cc2)c2cc3ccccc3c3ccccc23)cc1. The van der Waals surface area contributed by atoms with Gasteiger partial charge < -0.3 is 14.9 Å². The second-order valence-corrected chi connectivity index (χ2v) is 8.88. The fourth-order valence-electron chi connectivity index (χ4n) is 4.88. The van der Waals surface area contributed by atoms with Crippen LogP contribution in [0.2, 0.25) is 0 Å². The van der Waals surface area contributed by atoms with Crippen LogP contribution in [0.3, 0.4) is 0 Å². The average Bonchev–Trinajstić information content (AvgIpc) is 2.94. The second kappa shape index (κ2) is 9.35. The molecule has 0 aliphatic heterocycles. The summed E-state index contributed by atoms with van der Waals surface area (Å²) < 4.78 is 0. The molecule has 0 heterocycles. The molecule has 0 saturated heterocycles. The summed E-state index contributed by atoms with van der Waals surface area (Å²) in [5, 5.41) is 24.0. The predicted molar refractivity (Wildman–Crippen MR) is 151 cm³/mol. The van der Waals surface area contributed by atoms with E-state index in [1.54, 1.807) is 12.1 Å². The first kappa shape index (κ1) is 22.1. The summed E-state index contributed by atoms with van der Waals surface area (Å²) in [5.74, 6) is 0. The first-order valence-corrected chi connectivity index (χ1v) is 12.0. The number of hydrogen-bond donors (Lipinski definition) is 2. The molecule has 0 radical (unpaired) electrons. The Kier molecular flexibility index (Phi) is 5.74. The smallest absolute Gasteiger partial charge is 0.423 e. The molecule has 36 heavy (non-hydrogen) atoms. The van der Waals surface area contributed by atoms with E-state index in [2.05, 4.69) is 95.9 Å². The molecule has 0 amide bonds. The molecule has 0 aliphatic rings. The van der Waals surface area contributed by atoms with Crippen LogP contribution in [0.25, 0.3) is 32.7 Å². The van der Waals surface area contributed by atoms with Crippen LogP contribution in [0.1, 0.15) is 0 Å². The number of rotatable bonds is 5. The molecule has 6 aromatic rings. The highest BCUT2D eigenvalue weighted by atomic mass is 16.4. The number of fused-ring (bicyclic) bond motifs is 3. The van der Waals surface area contributed by atoms with Gasteiger partial charge in [-0.15, -0.1) is 0 Å². The molecule has 0 saturated carbocycles. The van der Waals surface area contributed by atoms with Crippen LogP contribution in [0.15, 0.2) is 133 Å². The van der Waals surface area contributed by atoms with Crippen molar-refractivity contribution in [2.24, 2.45) is 0 Å². The molecule has 6 aromatic carbocycles. The maximum absolute atomic E-state index is 9.63. The minimum absolute atomic E-state index is 0.460. The van der Waals surface area contributed by atoms with E-state index >= 15 is 0 Å². The quantitative estimate of drug-likeness (QED) is 0.217. The summed E-state index contributed by atoms with van der Waals surface area (Å²) in [7, 11) is -1.50. The fourth-order valence-corrected chi connectivity index (χ4v) is 4.88. The maximum atomic E-state index is 9.63. The Labute approximate surface area is 210 Å². The number of anilines is 3. The zero-order valence-electron chi connectivity index (χ0n) is 19.6. The van der Waals surface area contributed by atoms with E-state index in [1.165, 1.54) is 21.7 Å². The van der Waals surface area contributed by atoms with Gasteiger partial charge >= 0.3 is 7.12 Å². The Bertz CT molecular complexity index is 1650. The van der Waals surface area contributed by atoms with Gasteiger partial charge in [-0.2, -0.15) is 0 Å². The minimum Gasteiger partial charge on any atom is -0.423 e. The Morgan fingerprint density at radius 1 is 0.472 bits per heavy atom. The standard InChI is InChI=1S/C32H24BNO2/c35-33(36)26-16-20-28(21-17-26)34(27-18-14-24(15-19-27)23-8-2-1-3-9-23)32-22-25-10-4-5-11-29(25)30-12-6-7-13-31(30)32/h1-22,35-36H. The van der Waals surface area contributed by atoms with Crippen molar-refractivity contribution in [1.29, 1.82) is 0 Å². The third-order valence-corrected chi connectivity index (χ3v) is 6.67. The highest BCUT2D eigenvalue weighted by molar-refractivity contribution is 6.58. The van der Waals surface area contributed by atoms with Gasteiger partial charge in [-0.05, 0) is 63.1 Å². The van der Waals surface area contributed by atoms with Gasteiger partial charge in [0, 0.05) is 16.8 Å². The van der Waals surface area contributed by atoms with Gasteiger partial charge in [0.1, 0.15) is 0 Å². The van der Waals surface area contributed by atoms with E-state index in [0.717, 1.165) is 28.0 Å². The van der Waals surface area contributed by atoms with Crippen LogP contribution in [-0.2, 0) is 0 Å². The van der Waals surface area contributed by atoms with Crippen molar-refractivity contribution >= 4 is 51.2 Å². The summed E-state index contributed by atoms with van der Waals surface area (Å²) >= 11 is 0. The van der Waals surface area contributed by atoms with Crippen molar-refractivity contribution in [3.8, 4) is 11.1 Å². The van der Waals surface area contributed by atoms with Crippen molar-refractivity contribution in [3.63, 3.8) is 0 Å². The lowest BCUT2D eigenvalue weighted by molar-refractivity contribution is 0.426. The number of benzene rings is 6. The molecule has 0 bridgehead atoms. The topological polar surface area (TPSA) is 43.7 Å². The first-order chi connectivity index (χ1) is 17.7. The second-order valence-electron chi connectivity index (χ2n) is 8.88. The summed E-state index contributed by atoms with van der Waals surface area (Å²) in [6.07, 6.45) is 0. The molecule has 0 unspecified atom stereocenters. The Balaban J connectivity index is 1.57. The van der Waals surface area contributed by atoms with Crippen molar-refractivity contribution in [2.45, 2.75) is 0 Å². The molecular weight excluding hydrogens is 441 g/mol. The zero-order chi connectivity index (χ0) is 24.5. The first-order valence-electron chi connectivity index (χ1n) is 12.0. The Hall–Kier alpha value is -4.38. The van der Waals surface area contributed by atoms with Crippen LogP contribution in [0.4, 0.5) is 17.1 Å². The summed E-state index contributed by atoms with van der Waals surface area (Å²) in [6.45, 7) is 0. The molecule has 2 N–H and O–H groups in total. The van der Waals surface area contributed by atoms with E-state index in [4.69, 9.17) is 0 Å². The molecule has 3 nitrogen and oxygen atoms in total. The van der Waals surface area contributed by atoms with E-state index in [1.807, 2.05) is 30.3 Å². The lowest BCUT2D eigenvalue weighted by Crippen LogP contribution is -2.29. The van der Waals surface area contributed by atoms with Gasteiger partial charge in [0.15, 0.2) is 0 Å². The van der Waals surface area contributed by atoms with Crippen LogP contribution in [0.5, 0.6) is 0 Å². The molecular formula is C32H24BNO2. The van der Waals surface area contributed by atoms with E-state index < -0.39 is 7.12 Å². The Morgan fingerprint density at radius 2 is 1.00 bits per heavy atom. The van der Waals surface area contributed by atoms with Gasteiger partial charge in [0.25, 0.3) is 0 Å². The molecule has 0 atom stereocenters. The van der Waals surface area contributed by atoms with E-state index in [0.29, 0.717) is 5.46 Å². The van der Waals surface area contributed by atoms with Gasteiger partial charge in [-0.25, -0.2) is 0 Å². The van der Waals surface area contributed by atoms with Crippen LogP contribution >= 0.6 is 0 Å². The molecule has 172 valence electrons. The number of hydrogen-bond acceptors (Lipinski definition) is 3. The largest absolute Gasteiger partial charge is 0.488 e. The van der Waals surface area contributed by atoms with Crippen molar-refractivity contribution in [1.82, 2.24) is 0 Å². The van der Waals surface area contributed by atoms with Crippen molar-refractivity contribution < 1.29 is 10.0 Å². The number of nitrogens with zero attached hydrogens (tertiary/aromatic N) is 1. The molecule has 0 spiro atoms. The van der Waals surface area contributed by atoms with Gasteiger partial charge in [0.2, 0.25) is 0 Å². The molecule has 4 heteroatoms. The van der Waals surface area contributed by atoms with Gasteiger partial charge in [-0.3, -0.25) is 0 Å². The average molecular weight is 465 g/mol. The van der Waals surface area contributed by atoms with Crippen LogP contribution in [-0.4, -0.2) is 17.2 Å². The molecule has 0 aromatic heterocycles. The summed E-state index contributed by atoms with van der Waals surface area (Å²) in [6, 6.07) is 45.5. The molecule has 0 aliphatic carbocycles.